The zero-order valence-corrected chi connectivity index (χ0v) is 14.8. The summed E-state index contributed by atoms with van der Waals surface area (Å²) < 4.78 is 7.09. The minimum absolute atomic E-state index is 0.000380. The van der Waals surface area contributed by atoms with E-state index in [0.717, 1.165) is 17.0 Å². The topological polar surface area (TPSA) is 59.3 Å². The van der Waals surface area contributed by atoms with Crippen LogP contribution in [-0.4, -0.2) is 22.0 Å². The first-order valence-corrected chi connectivity index (χ1v) is 7.85. The molecular weight excluding hydrogens is 290 g/mol. The highest BCUT2D eigenvalue weighted by atomic mass is 16.5. The predicted octanol–water partition coefficient (Wildman–Crippen LogP) is 3.28. The molecule has 0 radical (unpaired) electrons. The molecule has 0 aliphatic heterocycles. The minimum atomic E-state index is -0.00174. The van der Waals surface area contributed by atoms with Gasteiger partial charge in [0, 0.05) is 42.4 Å². The maximum atomic E-state index is 10.1. The Labute approximate surface area is 138 Å². The van der Waals surface area contributed by atoms with Gasteiger partial charge in [-0.15, -0.1) is 0 Å². The van der Waals surface area contributed by atoms with Crippen molar-refractivity contribution in [2.45, 2.75) is 45.7 Å². The third-order valence-corrected chi connectivity index (χ3v) is 3.91. The second kappa shape index (κ2) is 6.62. The Balaban J connectivity index is 2.15. The van der Waals surface area contributed by atoms with E-state index in [1.165, 1.54) is 5.56 Å². The van der Waals surface area contributed by atoms with Gasteiger partial charge in [0.15, 0.2) is 0 Å². The summed E-state index contributed by atoms with van der Waals surface area (Å²) in [5.74, 6) is 1.01. The number of nitrogens with one attached hydrogen (secondary N) is 1. The molecule has 1 aromatic heterocycles. The van der Waals surface area contributed by atoms with Crippen LogP contribution in [0.2, 0.25) is 0 Å². The number of ether oxygens (including phenoxy) is 1. The number of phenols is 1. The summed E-state index contributed by atoms with van der Waals surface area (Å²) in [5.41, 5.74) is 3.09. The van der Waals surface area contributed by atoms with E-state index in [-0.39, 0.29) is 17.2 Å². The first kappa shape index (κ1) is 17.3. The van der Waals surface area contributed by atoms with Crippen LogP contribution in [0.5, 0.6) is 11.5 Å². The van der Waals surface area contributed by atoms with Crippen LogP contribution in [0.1, 0.15) is 50.6 Å². The summed E-state index contributed by atoms with van der Waals surface area (Å²) >= 11 is 0. The van der Waals surface area contributed by atoms with E-state index in [4.69, 9.17) is 4.74 Å². The molecule has 1 heterocycles. The predicted molar refractivity (Wildman–Crippen MR) is 91.8 cm³/mol. The maximum Gasteiger partial charge on any atom is 0.120 e. The molecule has 0 fully saturated rings. The van der Waals surface area contributed by atoms with Gasteiger partial charge in [-0.25, -0.2) is 0 Å². The number of hydrogen-bond acceptors (Lipinski definition) is 4. The van der Waals surface area contributed by atoms with E-state index in [1.54, 1.807) is 19.2 Å². The van der Waals surface area contributed by atoms with Gasteiger partial charge in [-0.1, -0.05) is 20.8 Å². The van der Waals surface area contributed by atoms with E-state index in [9.17, 15) is 5.11 Å². The van der Waals surface area contributed by atoms with Crippen molar-refractivity contribution in [1.82, 2.24) is 15.1 Å². The molecule has 2 rings (SSSR count). The molecular formula is C18H27N3O2. The number of aromatic nitrogens is 2. The fourth-order valence-electron chi connectivity index (χ4n) is 2.68. The van der Waals surface area contributed by atoms with Gasteiger partial charge >= 0.3 is 0 Å². The van der Waals surface area contributed by atoms with Crippen molar-refractivity contribution in [2.24, 2.45) is 7.05 Å². The average molecular weight is 317 g/mol. The van der Waals surface area contributed by atoms with E-state index < -0.39 is 0 Å². The minimum Gasteiger partial charge on any atom is -0.508 e. The molecule has 126 valence electrons. The molecule has 5 nitrogen and oxygen atoms in total. The van der Waals surface area contributed by atoms with Gasteiger partial charge in [0.25, 0.3) is 0 Å². The van der Waals surface area contributed by atoms with Crippen molar-refractivity contribution in [1.29, 1.82) is 0 Å². The molecule has 0 saturated carbocycles. The number of methoxy groups -OCH3 is 1. The van der Waals surface area contributed by atoms with Crippen molar-refractivity contribution < 1.29 is 9.84 Å². The van der Waals surface area contributed by atoms with Gasteiger partial charge in [0.1, 0.15) is 11.5 Å². The smallest absolute Gasteiger partial charge is 0.120 e. The summed E-state index contributed by atoms with van der Waals surface area (Å²) in [6, 6.07) is 5.28. The Bertz CT molecular complexity index is 671. The van der Waals surface area contributed by atoms with Crippen molar-refractivity contribution in [2.75, 3.05) is 7.11 Å². The molecule has 1 unspecified atom stereocenters. The summed E-state index contributed by atoms with van der Waals surface area (Å²) in [5, 5.41) is 18.1. The van der Waals surface area contributed by atoms with Crippen molar-refractivity contribution in [3.05, 3.63) is 41.2 Å². The number of aryl methyl sites for hydroxylation is 1. The fourth-order valence-corrected chi connectivity index (χ4v) is 2.68. The highest BCUT2D eigenvalue weighted by Gasteiger charge is 2.22. The lowest BCUT2D eigenvalue weighted by atomic mass is 9.89. The normalized spacial score (nSPS) is 13.1. The lowest BCUT2D eigenvalue weighted by Crippen LogP contribution is -2.21. The van der Waals surface area contributed by atoms with E-state index >= 15 is 0 Å². The van der Waals surface area contributed by atoms with Gasteiger partial charge in [0.2, 0.25) is 0 Å². The molecule has 0 saturated heterocycles. The monoisotopic (exact) mass is 317 g/mol. The number of nitrogens with zero attached hydrogens (tertiary/aromatic N) is 2. The van der Waals surface area contributed by atoms with Crippen LogP contribution in [0.3, 0.4) is 0 Å². The van der Waals surface area contributed by atoms with Crippen molar-refractivity contribution in [3.8, 4) is 11.5 Å². The Kier molecular flexibility index (Phi) is 5.00. The standard InChI is InChI=1S/C18H27N3O2/c1-12(15-9-14(23-6)7-8-16(15)22)19-10-13-11-21(5)20-17(13)18(2,3)4/h7-9,11-12,19,22H,10H2,1-6H3. The zero-order chi connectivity index (χ0) is 17.2. The fraction of sp³-hybridized carbons (Fsp3) is 0.500. The molecule has 0 amide bonds. The Morgan fingerprint density at radius 2 is 2.04 bits per heavy atom. The summed E-state index contributed by atoms with van der Waals surface area (Å²) in [7, 11) is 3.57. The van der Waals surface area contributed by atoms with Crippen molar-refractivity contribution >= 4 is 0 Å². The molecule has 0 aliphatic carbocycles. The molecule has 2 aromatic rings. The number of phenolic OH excluding ortho intramolecular Hbond substituents is 1. The second-order valence-electron chi connectivity index (χ2n) is 6.95. The number of hydrogen-bond donors (Lipinski definition) is 2. The van der Waals surface area contributed by atoms with Crippen molar-refractivity contribution in [3.63, 3.8) is 0 Å². The zero-order valence-electron chi connectivity index (χ0n) is 14.8. The van der Waals surface area contributed by atoms with Gasteiger partial charge < -0.3 is 15.2 Å². The molecule has 0 spiro atoms. The SMILES string of the molecule is COc1ccc(O)c(C(C)NCc2cn(C)nc2C(C)(C)C)c1. The lowest BCUT2D eigenvalue weighted by Gasteiger charge is -2.20. The van der Waals surface area contributed by atoms with Crippen LogP contribution in [0, 0.1) is 0 Å². The molecule has 1 atom stereocenters. The van der Waals surface area contributed by atoms with Gasteiger partial charge in [-0.3, -0.25) is 4.68 Å². The first-order chi connectivity index (χ1) is 10.7. The van der Waals surface area contributed by atoms with Gasteiger partial charge in [-0.2, -0.15) is 5.10 Å². The molecule has 0 aliphatic rings. The maximum absolute atomic E-state index is 10.1. The summed E-state index contributed by atoms with van der Waals surface area (Å²) in [6.07, 6.45) is 2.05. The van der Waals surface area contributed by atoms with Crippen LogP contribution < -0.4 is 10.1 Å². The van der Waals surface area contributed by atoms with E-state index in [0.29, 0.717) is 6.54 Å². The third kappa shape index (κ3) is 4.05. The van der Waals surface area contributed by atoms with E-state index in [1.807, 2.05) is 30.9 Å². The van der Waals surface area contributed by atoms with E-state index in [2.05, 4.69) is 31.2 Å². The molecule has 0 bridgehead atoms. The molecule has 23 heavy (non-hydrogen) atoms. The Hall–Kier alpha value is -2.01. The highest BCUT2D eigenvalue weighted by molar-refractivity contribution is 5.41. The largest absolute Gasteiger partial charge is 0.508 e. The number of rotatable bonds is 5. The third-order valence-electron chi connectivity index (χ3n) is 3.91. The van der Waals surface area contributed by atoms with Gasteiger partial charge in [0.05, 0.1) is 12.8 Å². The number of benzene rings is 1. The van der Waals surface area contributed by atoms with Crippen LogP contribution in [0.25, 0.3) is 0 Å². The summed E-state index contributed by atoms with van der Waals surface area (Å²) in [4.78, 5) is 0. The lowest BCUT2D eigenvalue weighted by molar-refractivity contribution is 0.407. The van der Waals surface area contributed by atoms with Crippen LogP contribution in [0.4, 0.5) is 0 Å². The van der Waals surface area contributed by atoms with Crippen LogP contribution in [-0.2, 0) is 19.0 Å². The first-order valence-electron chi connectivity index (χ1n) is 7.85. The Morgan fingerprint density at radius 1 is 1.35 bits per heavy atom. The summed E-state index contributed by atoms with van der Waals surface area (Å²) in [6.45, 7) is 9.21. The Morgan fingerprint density at radius 3 is 2.65 bits per heavy atom. The molecule has 2 N–H and O–H groups in total. The van der Waals surface area contributed by atoms with Gasteiger partial charge in [-0.05, 0) is 25.1 Å². The molecule has 5 heteroatoms. The highest BCUT2D eigenvalue weighted by Crippen LogP contribution is 2.29. The van der Waals surface area contributed by atoms with Crippen LogP contribution in [0.15, 0.2) is 24.4 Å². The number of aromatic hydroxyl groups is 1. The molecule has 1 aromatic carbocycles. The van der Waals surface area contributed by atoms with Crippen LogP contribution >= 0.6 is 0 Å². The quantitative estimate of drug-likeness (QED) is 0.888. The second-order valence-corrected chi connectivity index (χ2v) is 6.95. The average Bonchev–Trinajstić information content (AvgIpc) is 2.86.